The van der Waals surface area contributed by atoms with Crippen LogP contribution in [0.15, 0.2) is 39.6 Å². The van der Waals surface area contributed by atoms with Gasteiger partial charge in [0, 0.05) is 6.07 Å². The second kappa shape index (κ2) is 6.83. The van der Waals surface area contributed by atoms with Crippen molar-refractivity contribution in [2.75, 3.05) is 13.7 Å². The van der Waals surface area contributed by atoms with E-state index in [2.05, 4.69) is 13.0 Å². The molecule has 1 aromatic carbocycles. The molecule has 0 fully saturated rings. The van der Waals surface area contributed by atoms with Crippen LogP contribution in [0, 0.1) is 0 Å². The van der Waals surface area contributed by atoms with Gasteiger partial charge in [0.2, 0.25) is 5.75 Å². The Morgan fingerprint density at radius 2 is 2.10 bits per heavy atom. The van der Waals surface area contributed by atoms with Crippen molar-refractivity contribution < 1.29 is 19.0 Å². The van der Waals surface area contributed by atoms with Crippen LogP contribution in [0.3, 0.4) is 0 Å². The van der Waals surface area contributed by atoms with Gasteiger partial charge in [0.1, 0.15) is 11.3 Å². The Morgan fingerprint density at radius 3 is 2.81 bits per heavy atom. The van der Waals surface area contributed by atoms with Crippen LogP contribution < -0.4 is 15.1 Å². The third-order valence-electron chi connectivity index (χ3n) is 2.94. The van der Waals surface area contributed by atoms with E-state index in [4.69, 9.17) is 13.9 Å². The van der Waals surface area contributed by atoms with Crippen LogP contribution in [-0.2, 0) is 0 Å². The Labute approximate surface area is 122 Å². The van der Waals surface area contributed by atoms with Crippen molar-refractivity contribution >= 4 is 11.0 Å². The Balaban J connectivity index is 2.38. The summed E-state index contributed by atoms with van der Waals surface area (Å²) in [6.07, 6.45) is 5.78. The van der Waals surface area contributed by atoms with E-state index >= 15 is 0 Å². The van der Waals surface area contributed by atoms with Crippen LogP contribution in [-0.4, -0.2) is 18.8 Å². The fourth-order valence-electron chi connectivity index (χ4n) is 1.98. The number of ether oxygens (including phenoxy) is 2. The molecule has 0 spiro atoms. The van der Waals surface area contributed by atoms with E-state index in [0.29, 0.717) is 17.7 Å². The Morgan fingerprint density at radius 1 is 1.29 bits per heavy atom. The average molecular weight is 290 g/mol. The first kappa shape index (κ1) is 15.0. The SMILES string of the molecule is CCC=CCCOc1c(OC)c(=O)oc2cc(O)ccc12. The molecule has 21 heavy (non-hydrogen) atoms. The van der Waals surface area contributed by atoms with E-state index in [9.17, 15) is 9.90 Å². The molecule has 0 amide bonds. The molecule has 1 heterocycles. The molecule has 0 aliphatic heterocycles. The topological polar surface area (TPSA) is 68.9 Å². The van der Waals surface area contributed by atoms with Crippen LogP contribution >= 0.6 is 0 Å². The van der Waals surface area contributed by atoms with Gasteiger partial charge in [-0.25, -0.2) is 4.79 Å². The van der Waals surface area contributed by atoms with E-state index in [1.165, 1.54) is 19.2 Å². The molecule has 0 bridgehead atoms. The second-order valence-electron chi connectivity index (χ2n) is 4.45. The van der Waals surface area contributed by atoms with Gasteiger partial charge in [0.05, 0.1) is 19.1 Å². The molecule has 0 aliphatic carbocycles. The van der Waals surface area contributed by atoms with Crippen molar-refractivity contribution in [2.24, 2.45) is 0 Å². The van der Waals surface area contributed by atoms with Crippen molar-refractivity contribution in [2.45, 2.75) is 19.8 Å². The molecule has 112 valence electrons. The molecular formula is C16H18O5. The molecule has 1 N–H and O–H groups in total. The summed E-state index contributed by atoms with van der Waals surface area (Å²) in [5.41, 5.74) is -0.366. The molecule has 1 aromatic heterocycles. The molecule has 0 saturated carbocycles. The molecule has 0 saturated heterocycles. The highest BCUT2D eigenvalue weighted by Crippen LogP contribution is 2.34. The minimum Gasteiger partial charge on any atom is -0.508 e. The quantitative estimate of drug-likeness (QED) is 0.502. The van der Waals surface area contributed by atoms with Crippen LogP contribution in [0.5, 0.6) is 17.2 Å². The summed E-state index contributed by atoms with van der Waals surface area (Å²) in [4.78, 5) is 11.9. The standard InChI is InChI=1S/C16H18O5/c1-3-4-5-6-9-20-14-12-8-7-11(17)10-13(12)21-16(18)15(14)19-2/h4-5,7-8,10,17H,3,6,9H2,1-2H3. The number of allylic oxidation sites excluding steroid dienone is 1. The molecule has 0 radical (unpaired) electrons. The molecule has 0 aliphatic rings. The summed E-state index contributed by atoms with van der Waals surface area (Å²) in [6.45, 7) is 2.48. The highest BCUT2D eigenvalue weighted by atomic mass is 16.5. The van der Waals surface area contributed by atoms with Crippen LogP contribution in [0.25, 0.3) is 11.0 Å². The van der Waals surface area contributed by atoms with Gasteiger partial charge in [-0.05, 0) is 25.0 Å². The highest BCUT2D eigenvalue weighted by Gasteiger charge is 2.17. The summed E-state index contributed by atoms with van der Waals surface area (Å²) in [7, 11) is 1.39. The van der Waals surface area contributed by atoms with Gasteiger partial charge < -0.3 is 19.0 Å². The van der Waals surface area contributed by atoms with E-state index in [-0.39, 0.29) is 17.1 Å². The maximum absolute atomic E-state index is 11.9. The summed E-state index contributed by atoms with van der Waals surface area (Å²) < 4.78 is 15.9. The molecular weight excluding hydrogens is 272 g/mol. The Hall–Kier alpha value is -2.43. The first-order valence-electron chi connectivity index (χ1n) is 6.79. The van der Waals surface area contributed by atoms with E-state index in [1.807, 2.05) is 6.08 Å². The maximum atomic E-state index is 11.9. The first-order valence-corrected chi connectivity index (χ1v) is 6.79. The Kier molecular flexibility index (Phi) is 4.87. The number of phenolic OH excluding ortho intramolecular Hbond substituents is 1. The van der Waals surface area contributed by atoms with Crippen molar-refractivity contribution in [1.29, 1.82) is 0 Å². The third kappa shape index (κ3) is 3.37. The van der Waals surface area contributed by atoms with Gasteiger partial charge in [-0.3, -0.25) is 0 Å². The van der Waals surface area contributed by atoms with Crippen molar-refractivity contribution in [1.82, 2.24) is 0 Å². The fourth-order valence-corrected chi connectivity index (χ4v) is 1.98. The molecule has 2 rings (SSSR count). The second-order valence-corrected chi connectivity index (χ2v) is 4.45. The van der Waals surface area contributed by atoms with Gasteiger partial charge in [-0.2, -0.15) is 0 Å². The molecule has 5 nitrogen and oxygen atoms in total. The van der Waals surface area contributed by atoms with Crippen molar-refractivity contribution in [3.63, 3.8) is 0 Å². The van der Waals surface area contributed by atoms with Crippen LogP contribution in [0.1, 0.15) is 19.8 Å². The largest absolute Gasteiger partial charge is 0.508 e. The van der Waals surface area contributed by atoms with Gasteiger partial charge in [0.25, 0.3) is 0 Å². The molecule has 0 atom stereocenters. The van der Waals surface area contributed by atoms with Gasteiger partial charge in [-0.15, -0.1) is 0 Å². The number of methoxy groups -OCH3 is 1. The lowest BCUT2D eigenvalue weighted by molar-refractivity contribution is 0.294. The van der Waals surface area contributed by atoms with Crippen molar-refractivity contribution in [3.05, 3.63) is 40.8 Å². The minimum absolute atomic E-state index is 0.0210. The minimum atomic E-state index is -0.630. The summed E-state index contributed by atoms with van der Waals surface area (Å²) in [5, 5.41) is 10.1. The van der Waals surface area contributed by atoms with Crippen LogP contribution in [0.4, 0.5) is 0 Å². The van der Waals surface area contributed by atoms with Crippen molar-refractivity contribution in [3.8, 4) is 17.2 Å². The lowest BCUT2D eigenvalue weighted by Crippen LogP contribution is -2.08. The zero-order valence-electron chi connectivity index (χ0n) is 12.1. The number of phenols is 1. The number of fused-ring (bicyclic) bond motifs is 1. The maximum Gasteiger partial charge on any atom is 0.383 e. The molecule has 2 aromatic rings. The fraction of sp³-hybridized carbons (Fsp3) is 0.312. The predicted molar refractivity (Wildman–Crippen MR) is 80.2 cm³/mol. The van der Waals surface area contributed by atoms with Crippen LogP contribution in [0.2, 0.25) is 0 Å². The third-order valence-corrected chi connectivity index (χ3v) is 2.94. The zero-order valence-corrected chi connectivity index (χ0v) is 12.1. The van der Waals surface area contributed by atoms with E-state index < -0.39 is 5.63 Å². The number of rotatable bonds is 6. The summed E-state index contributed by atoms with van der Waals surface area (Å²) >= 11 is 0. The van der Waals surface area contributed by atoms with Gasteiger partial charge in [0.15, 0.2) is 5.75 Å². The lowest BCUT2D eigenvalue weighted by Gasteiger charge is -2.11. The summed E-state index contributed by atoms with van der Waals surface area (Å²) in [5.74, 6) is 0.397. The number of aromatic hydroxyl groups is 1. The highest BCUT2D eigenvalue weighted by molar-refractivity contribution is 5.86. The van der Waals surface area contributed by atoms with E-state index in [1.54, 1.807) is 6.07 Å². The molecule has 0 unspecified atom stereocenters. The zero-order chi connectivity index (χ0) is 15.2. The van der Waals surface area contributed by atoms with E-state index in [0.717, 1.165) is 12.8 Å². The summed E-state index contributed by atoms with van der Waals surface area (Å²) in [6, 6.07) is 4.51. The van der Waals surface area contributed by atoms with Gasteiger partial charge >= 0.3 is 5.63 Å². The monoisotopic (exact) mass is 290 g/mol. The smallest absolute Gasteiger partial charge is 0.383 e. The number of hydrogen-bond donors (Lipinski definition) is 1. The number of hydrogen-bond acceptors (Lipinski definition) is 5. The number of benzene rings is 1. The normalized spacial score (nSPS) is 11.1. The molecule has 5 heteroatoms. The lowest BCUT2D eigenvalue weighted by atomic mass is 10.2. The average Bonchev–Trinajstić information content (AvgIpc) is 2.46. The Bertz CT molecular complexity index is 700. The predicted octanol–water partition coefficient (Wildman–Crippen LogP) is 3.24. The first-order chi connectivity index (χ1) is 10.2. The van der Waals surface area contributed by atoms with Gasteiger partial charge in [-0.1, -0.05) is 19.1 Å².